The van der Waals surface area contributed by atoms with E-state index in [1.807, 2.05) is 24.3 Å². The fourth-order valence-corrected chi connectivity index (χ4v) is 3.83. The quantitative estimate of drug-likeness (QED) is 0.914. The van der Waals surface area contributed by atoms with Gasteiger partial charge in [-0.1, -0.05) is 0 Å². The highest BCUT2D eigenvalue weighted by Gasteiger charge is 2.45. The molecule has 2 atom stereocenters. The van der Waals surface area contributed by atoms with E-state index < -0.39 is 0 Å². The van der Waals surface area contributed by atoms with E-state index in [0.717, 1.165) is 56.3 Å². The van der Waals surface area contributed by atoms with E-state index in [4.69, 9.17) is 13.9 Å². The largest absolute Gasteiger partial charge is 0.497 e. The molecule has 1 spiro atoms. The van der Waals surface area contributed by atoms with Crippen molar-refractivity contribution >= 4 is 5.69 Å². The summed E-state index contributed by atoms with van der Waals surface area (Å²) < 4.78 is 16.9. The van der Waals surface area contributed by atoms with Crippen LogP contribution < -0.4 is 10.1 Å². The maximum Gasteiger partial charge on any atom is 0.119 e. The predicted octanol–water partition coefficient (Wildman–Crippen LogP) is 3.13. The van der Waals surface area contributed by atoms with Crippen LogP contribution in [-0.4, -0.2) is 43.3 Å². The van der Waals surface area contributed by atoms with Crippen molar-refractivity contribution in [3.05, 3.63) is 48.4 Å². The van der Waals surface area contributed by atoms with Crippen LogP contribution in [0.4, 0.5) is 5.69 Å². The van der Waals surface area contributed by atoms with Gasteiger partial charge >= 0.3 is 0 Å². The SMILES string of the molecule is COc1ccc(NC2COC3(CCN(Cc4ccco4)C3)C2)cc1. The zero-order valence-corrected chi connectivity index (χ0v) is 14.0. The van der Waals surface area contributed by atoms with E-state index >= 15 is 0 Å². The molecule has 3 heterocycles. The first-order valence-electron chi connectivity index (χ1n) is 8.54. The van der Waals surface area contributed by atoms with E-state index in [9.17, 15) is 0 Å². The Morgan fingerprint density at radius 1 is 1.29 bits per heavy atom. The summed E-state index contributed by atoms with van der Waals surface area (Å²) in [6.45, 7) is 3.68. The van der Waals surface area contributed by atoms with Gasteiger partial charge in [0, 0.05) is 25.2 Å². The Morgan fingerprint density at radius 3 is 2.92 bits per heavy atom. The Morgan fingerprint density at radius 2 is 2.17 bits per heavy atom. The minimum Gasteiger partial charge on any atom is -0.497 e. The normalized spacial score (nSPS) is 27.0. The minimum atomic E-state index is -0.00324. The zero-order chi connectivity index (χ0) is 16.4. The molecule has 4 rings (SSSR count). The van der Waals surface area contributed by atoms with Gasteiger partial charge in [0.05, 0.1) is 38.2 Å². The van der Waals surface area contributed by atoms with Gasteiger partial charge in [-0.05, 0) is 42.8 Å². The number of anilines is 1. The van der Waals surface area contributed by atoms with Gasteiger partial charge < -0.3 is 19.2 Å². The fraction of sp³-hybridized carbons (Fsp3) is 0.474. The first-order valence-corrected chi connectivity index (χ1v) is 8.54. The molecule has 2 fully saturated rings. The van der Waals surface area contributed by atoms with Crippen LogP contribution in [0.1, 0.15) is 18.6 Å². The summed E-state index contributed by atoms with van der Waals surface area (Å²) in [7, 11) is 1.69. The average molecular weight is 328 g/mol. The number of likely N-dealkylation sites (tertiary alicyclic amines) is 1. The summed E-state index contributed by atoms with van der Waals surface area (Å²) in [6, 6.07) is 12.4. The van der Waals surface area contributed by atoms with Crippen LogP contribution in [0.3, 0.4) is 0 Å². The van der Waals surface area contributed by atoms with Crippen molar-refractivity contribution in [2.24, 2.45) is 0 Å². The van der Waals surface area contributed by atoms with E-state index in [1.54, 1.807) is 13.4 Å². The van der Waals surface area contributed by atoms with Gasteiger partial charge in [-0.25, -0.2) is 0 Å². The van der Waals surface area contributed by atoms with Gasteiger partial charge in [0.25, 0.3) is 0 Å². The third kappa shape index (κ3) is 3.28. The van der Waals surface area contributed by atoms with Crippen molar-refractivity contribution < 1.29 is 13.9 Å². The van der Waals surface area contributed by atoms with Crippen LogP contribution in [0.2, 0.25) is 0 Å². The number of hydrogen-bond acceptors (Lipinski definition) is 5. The molecule has 0 aliphatic carbocycles. The van der Waals surface area contributed by atoms with Crippen molar-refractivity contribution in [1.29, 1.82) is 0 Å². The smallest absolute Gasteiger partial charge is 0.119 e. The number of ether oxygens (including phenoxy) is 2. The summed E-state index contributed by atoms with van der Waals surface area (Å²) in [5.41, 5.74) is 1.11. The number of methoxy groups -OCH3 is 1. The van der Waals surface area contributed by atoms with Crippen LogP contribution in [-0.2, 0) is 11.3 Å². The first kappa shape index (κ1) is 15.5. The average Bonchev–Trinajstić information content (AvgIpc) is 3.33. The van der Waals surface area contributed by atoms with Crippen molar-refractivity contribution in [3.8, 4) is 5.75 Å². The lowest BCUT2D eigenvalue weighted by molar-refractivity contribution is 0.0115. The highest BCUT2D eigenvalue weighted by Crippen LogP contribution is 2.36. The molecule has 5 heteroatoms. The second kappa shape index (κ2) is 6.49. The van der Waals surface area contributed by atoms with Crippen LogP contribution in [0.15, 0.2) is 47.1 Å². The van der Waals surface area contributed by atoms with Crippen molar-refractivity contribution in [3.63, 3.8) is 0 Å². The lowest BCUT2D eigenvalue weighted by Crippen LogP contribution is -2.33. The maximum atomic E-state index is 6.22. The zero-order valence-electron chi connectivity index (χ0n) is 14.0. The lowest BCUT2D eigenvalue weighted by Gasteiger charge is -2.23. The number of rotatable bonds is 5. The third-order valence-electron chi connectivity index (χ3n) is 5.02. The molecule has 0 saturated carbocycles. The van der Waals surface area contributed by atoms with Crippen LogP contribution in [0, 0.1) is 0 Å². The molecule has 5 nitrogen and oxygen atoms in total. The number of nitrogens with zero attached hydrogens (tertiary/aromatic N) is 1. The highest BCUT2D eigenvalue weighted by molar-refractivity contribution is 5.47. The van der Waals surface area contributed by atoms with Crippen LogP contribution >= 0.6 is 0 Å². The number of hydrogen-bond donors (Lipinski definition) is 1. The van der Waals surface area contributed by atoms with Gasteiger partial charge in [0.1, 0.15) is 11.5 Å². The second-order valence-corrected chi connectivity index (χ2v) is 6.81. The molecule has 0 radical (unpaired) electrons. The molecule has 2 aliphatic rings. The molecule has 2 saturated heterocycles. The lowest BCUT2D eigenvalue weighted by atomic mass is 9.97. The number of furan rings is 1. The van der Waals surface area contributed by atoms with Crippen molar-refractivity contribution in [2.45, 2.75) is 31.0 Å². The topological polar surface area (TPSA) is 46.9 Å². The third-order valence-corrected chi connectivity index (χ3v) is 5.02. The molecule has 1 N–H and O–H groups in total. The Kier molecular flexibility index (Phi) is 4.21. The predicted molar refractivity (Wildman–Crippen MR) is 92.3 cm³/mol. The fourth-order valence-electron chi connectivity index (χ4n) is 3.83. The van der Waals surface area contributed by atoms with Gasteiger partial charge in [0.2, 0.25) is 0 Å². The summed E-state index contributed by atoms with van der Waals surface area (Å²) in [6.07, 6.45) is 3.88. The highest BCUT2D eigenvalue weighted by atomic mass is 16.5. The van der Waals surface area contributed by atoms with E-state index in [1.165, 1.54) is 0 Å². The molecule has 2 aliphatic heterocycles. The van der Waals surface area contributed by atoms with E-state index in [0.29, 0.717) is 6.04 Å². The number of nitrogens with one attached hydrogen (secondary N) is 1. The molecule has 1 aromatic heterocycles. The molecule has 128 valence electrons. The monoisotopic (exact) mass is 328 g/mol. The molecular formula is C19H24N2O3. The Balaban J connectivity index is 1.32. The van der Waals surface area contributed by atoms with Gasteiger partial charge in [-0.2, -0.15) is 0 Å². The van der Waals surface area contributed by atoms with Gasteiger partial charge in [-0.3, -0.25) is 4.90 Å². The molecule has 0 amide bonds. The Bertz CT molecular complexity index is 656. The van der Waals surface area contributed by atoms with Crippen LogP contribution in [0.5, 0.6) is 5.75 Å². The van der Waals surface area contributed by atoms with Crippen LogP contribution in [0.25, 0.3) is 0 Å². The van der Waals surface area contributed by atoms with E-state index in [2.05, 4.69) is 22.3 Å². The van der Waals surface area contributed by atoms with Gasteiger partial charge in [-0.15, -0.1) is 0 Å². The summed E-state index contributed by atoms with van der Waals surface area (Å²) in [4.78, 5) is 2.43. The Labute approximate surface area is 142 Å². The summed E-state index contributed by atoms with van der Waals surface area (Å²) in [5, 5.41) is 3.59. The maximum absolute atomic E-state index is 6.22. The molecule has 1 aromatic carbocycles. The first-order chi connectivity index (χ1) is 11.7. The molecule has 0 bridgehead atoms. The van der Waals surface area contributed by atoms with Crippen molar-refractivity contribution in [1.82, 2.24) is 4.90 Å². The molecule has 24 heavy (non-hydrogen) atoms. The molecule has 2 aromatic rings. The summed E-state index contributed by atoms with van der Waals surface area (Å²) in [5.74, 6) is 1.90. The van der Waals surface area contributed by atoms with E-state index in [-0.39, 0.29) is 5.60 Å². The van der Waals surface area contributed by atoms with Crippen molar-refractivity contribution in [2.75, 3.05) is 32.1 Å². The molecular weight excluding hydrogens is 304 g/mol. The minimum absolute atomic E-state index is 0.00324. The summed E-state index contributed by atoms with van der Waals surface area (Å²) >= 11 is 0. The number of benzene rings is 1. The van der Waals surface area contributed by atoms with Gasteiger partial charge in [0.15, 0.2) is 0 Å². The second-order valence-electron chi connectivity index (χ2n) is 6.81. The Hall–Kier alpha value is -1.98. The molecule has 2 unspecified atom stereocenters. The standard InChI is InChI=1S/C19H24N2O3/c1-22-17-6-4-15(5-7-17)20-16-11-19(24-13-16)8-9-21(14-19)12-18-3-2-10-23-18/h2-7,10,16,20H,8-9,11-14H2,1H3.